The van der Waals surface area contributed by atoms with Gasteiger partial charge in [0.15, 0.2) is 0 Å². The highest BCUT2D eigenvalue weighted by molar-refractivity contribution is 5.32. The number of halogens is 5. The minimum atomic E-state index is -4.52. The van der Waals surface area contributed by atoms with Crippen molar-refractivity contribution >= 4 is 5.95 Å². The number of anilines is 1. The van der Waals surface area contributed by atoms with Crippen molar-refractivity contribution < 1.29 is 22.0 Å². The summed E-state index contributed by atoms with van der Waals surface area (Å²) in [5.41, 5.74) is -0.596. The molecule has 1 unspecified atom stereocenters. The third-order valence-corrected chi connectivity index (χ3v) is 4.49. The van der Waals surface area contributed by atoms with E-state index in [9.17, 15) is 22.0 Å². The lowest BCUT2D eigenvalue weighted by atomic mass is 10.1. The van der Waals surface area contributed by atoms with Crippen LogP contribution in [-0.2, 0) is 6.18 Å². The first-order chi connectivity index (χ1) is 12.3. The molecule has 1 aliphatic heterocycles. The van der Waals surface area contributed by atoms with Crippen LogP contribution < -0.4 is 4.90 Å². The predicted octanol–water partition coefficient (Wildman–Crippen LogP) is 3.66. The van der Waals surface area contributed by atoms with Gasteiger partial charge in [0.25, 0.3) is 0 Å². The number of piperazine rings is 1. The number of alkyl halides is 3. The van der Waals surface area contributed by atoms with E-state index in [0.29, 0.717) is 31.7 Å². The van der Waals surface area contributed by atoms with E-state index >= 15 is 0 Å². The first-order valence-corrected chi connectivity index (χ1v) is 8.10. The van der Waals surface area contributed by atoms with Crippen LogP contribution >= 0.6 is 0 Å². The Hall–Kier alpha value is -2.29. The molecule has 0 saturated carbocycles. The zero-order valence-corrected chi connectivity index (χ0v) is 14.0. The van der Waals surface area contributed by atoms with E-state index in [1.165, 1.54) is 12.1 Å². The monoisotopic (exact) mass is 372 g/mol. The highest BCUT2D eigenvalue weighted by atomic mass is 19.4. The van der Waals surface area contributed by atoms with Gasteiger partial charge in [-0.3, -0.25) is 4.90 Å². The number of benzene rings is 1. The summed E-state index contributed by atoms with van der Waals surface area (Å²) in [7, 11) is 0. The molecule has 0 N–H and O–H groups in total. The van der Waals surface area contributed by atoms with Crippen LogP contribution in [0.2, 0.25) is 0 Å². The number of aromatic nitrogens is 2. The van der Waals surface area contributed by atoms with Gasteiger partial charge in [-0.2, -0.15) is 13.2 Å². The quantitative estimate of drug-likeness (QED) is 0.770. The van der Waals surface area contributed by atoms with Crippen LogP contribution in [0.4, 0.5) is 27.9 Å². The van der Waals surface area contributed by atoms with Gasteiger partial charge in [-0.1, -0.05) is 6.07 Å². The van der Waals surface area contributed by atoms with Gasteiger partial charge in [0, 0.05) is 50.0 Å². The van der Waals surface area contributed by atoms with Crippen LogP contribution in [0.15, 0.2) is 30.5 Å². The van der Waals surface area contributed by atoms with Gasteiger partial charge in [0.05, 0.1) is 0 Å². The highest BCUT2D eigenvalue weighted by Gasteiger charge is 2.33. The van der Waals surface area contributed by atoms with Gasteiger partial charge in [0.1, 0.15) is 17.3 Å². The van der Waals surface area contributed by atoms with Gasteiger partial charge in [-0.25, -0.2) is 18.7 Å². The van der Waals surface area contributed by atoms with E-state index in [4.69, 9.17) is 0 Å². The number of hydrogen-bond acceptors (Lipinski definition) is 4. The van der Waals surface area contributed by atoms with Crippen molar-refractivity contribution in [3.8, 4) is 0 Å². The summed E-state index contributed by atoms with van der Waals surface area (Å²) in [6, 6.07) is 4.02. The van der Waals surface area contributed by atoms with Crippen molar-refractivity contribution in [3.05, 3.63) is 53.4 Å². The van der Waals surface area contributed by atoms with Gasteiger partial charge in [0.2, 0.25) is 5.95 Å². The molecule has 140 valence electrons. The number of hydrogen-bond donors (Lipinski definition) is 0. The summed E-state index contributed by atoms with van der Waals surface area (Å²) >= 11 is 0. The Bertz CT molecular complexity index is 772. The molecule has 0 radical (unpaired) electrons. The van der Waals surface area contributed by atoms with E-state index in [1.807, 2.05) is 11.8 Å². The molecule has 1 saturated heterocycles. The topological polar surface area (TPSA) is 32.3 Å². The molecule has 0 bridgehead atoms. The van der Waals surface area contributed by atoms with Gasteiger partial charge in [-0.05, 0) is 19.1 Å². The fraction of sp³-hybridized carbons (Fsp3) is 0.412. The van der Waals surface area contributed by atoms with Crippen molar-refractivity contribution in [1.29, 1.82) is 0 Å². The summed E-state index contributed by atoms with van der Waals surface area (Å²) in [5.74, 6) is -1.22. The molecule has 3 rings (SSSR count). The average Bonchev–Trinajstić information content (AvgIpc) is 2.61. The second-order valence-corrected chi connectivity index (χ2v) is 6.10. The Labute approximate surface area is 147 Å². The third-order valence-electron chi connectivity index (χ3n) is 4.49. The Kier molecular flexibility index (Phi) is 5.08. The molecule has 0 amide bonds. The Morgan fingerprint density at radius 3 is 2.35 bits per heavy atom. The predicted molar refractivity (Wildman–Crippen MR) is 85.6 cm³/mol. The Morgan fingerprint density at radius 1 is 1.04 bits per heavy atom. The normalized spacial score (nSPS) is 17.4. The minimum absolute atomic E-state index is 0.0279. The van der Waals surface area contributed by atoms with Crippen LogP contribution in [0.1, 0.15) is 24.2 Å². The van der Waals surface area contributed by atoms with Crippen molar-refractivity contribution in [2.75, 3.05) is 31.1 Å². The Balaban J connectivity index is 1.67. The highest BCUT2D eigenvalue weighted by Crippen LogP contribution is 2.29. The first-order valence-electron chi connectivity index (χ1n) is 8.10. The Morgan fingerprint density at radius 2 is 1.73 bits per heavy atom. The van der Waals surface area contributed by atoms with E-state index in [2.05, 4.69) is 9.97 Å². The number of nitrogens with zero attached hydrogens (tertiary/aromatic N) is 4. The maximum Gasteiger partial charge on any atom is 0.433 e. The fourth-order valence-corrected chi connectivity index (χ4v) is 3.00. The van der Waals surface area contributed by atoms with Crippen molar-refractivity contribution in [3.63, 3.8) is 0 Å². The lowest BCUT2D eigenvalue weighted by molar-refractivity contribution is -0.141. The zero-order chi connectivity index (χ0) is 18.9. The smallest absolute Gasteiger partial charge is 0.338 e. The van der Waals surface area contributed by atoms with Gasteiger partial charge >= 0.3 is 6.18 Å². The second kappa shape index (κ2) is 7.14. The maximum atomic E-state index is 14.0. The van der Waals surface area contributed by atoms with Crippen molar-refractivity contribution in [2.24, 2.45) is 0 Å². The van der Waals surface area contributed by atoms with Crippen LogP contribution in [0.25, 0.3) is 0 Å². The summed E-state index contributed by atoms with van der Waals surface area (Å²) in [5, 5.41) is 0. The lowest BCUT2D eigenvalue weighted by Crippen LogP contribution is -2.48. The van der Waals surface area contributed by atoms with Crippen LogP contribution in [-0.4, -0.2) is 41.0 Å². The third kappa shape index (κ3) is 3.92. The fourth-order valence-electron chi connectivity index (χ4n) is 3.00. The molecule has 1 aromatic carbocycles. The van der Waals surface area contributed by atoms with Crippen LogP contribution in [0.5, 0.6) is 0 Å². The standard InChI is InChI=1S/C17H17F5N4/c1-11(13-3-2-12(18)10-14(13)19)25-6-8-26(9-7-25)16-23-5-4-15(24-16)17(20,21)22/h2-5,10-11H,6-9H2,1H3. The summed E-state index contributed by atoms with van der Waals surface area (Å²) < 4.78 is 65.3. The summed E-state index contributed by atoms with van der Waals surface area (Å²) in [4.78, 5) is 11.2. The van der Waals surface area contributed by atoms with Gasteiger partial charge < -0.3 is 4.90 Å². The molecule has 2 aromatic rings. The van der Waals surface area contributed by atoms with E-state index in [1.54, 1.807) is 4.90 Å². The molecule has 1 aromatic heterocycles. The molecule has 9 heteroatoms. The molecule has 4 nitrogen and oxygen atoms in total. The second-order valence-electron chi connectivity index (χ2n) is 6.10. The SMILES string of the molecule is CC(c1ccc(F)cc1F)N1CCN(c2nccc(C(F)(F)F)n2)CC1. The van der Waals surface area contributed by atoms with E-state index in [0.717, 1.165) is 18.3 Å². The molecule has 2 heterocycles. The largest absolute Gasteiger partial charge is 0.433 e. The minimum Gasteiger partial charge on any atom is -0.338 e. The molecule has 1 atom stereocenters. The van der Waals surface area contributed by atoms with E-state index in [-0.39, 0.29) is 12.0 Å². The van der Waals surface area contributed by atoms with Crippen molar-refractivity contribution in [1.82, 2.24) is 14.9 Å². The van der Waals surface area contributed by atoms with Gasteiger partial charge in [-0.15, -0.1) is 0 Å². The number of rotatable bonds is 3. The summed E-state index contributed by atoms with van der Waals surface area (Å²) in [6.45, 7) is 3.63. The molecule has 1 fully saturated rings. The molecular weight excluding hydrogens is 355 g/mol. The average molecular weight is 372 g/mol. The molecule has 26 heavy (non-hydrogen) atoms. The lowest BCUT2D eigenvalue weighted by Gasteiger charge is -2.38. The molecule has 0 aliphatic carbocycles. The van der Waals surface area contributed by atoms with Crippen LogP contribution in [0.3, 0.4) is 0 Å². The van der Waals surface area contributed by atoms with Crippen LogP contribution in [0, 0.1) is 11.6 Å². The molecule has 0 spiro atoms. The zero-order valence-electron chi connectivity index (χ0n) is 14.0. The van der Waals surface area contributed by atoms with Crippen molar-refractivity contribution in [2.45, 2.75) is 19.1 Å². The molecular formula is C17H17F5N4. The molecule has 1 aliphatic rings. The maximum absolute atomic E-state index is 14.0. The van der Waals surface area contributed by atoms with E-state index < -0.39 is 23.5 Å². The summed E-state index contributed by atoms with van der Waals surface area (Å²) in [6.07, 6.45) is -3.43. The first kappa shape index (κ1) is 18.5.